The van der Waals surface area contributed by atoms with E-state index in [1.54, 1.807) is 11.0 Å². The van der Waals surface area contributed by atoms with Crippen LogP contribution in [0.4, 0.5) is 11.4 Å². The first-order chi connectivity index (χ1) is 10.5. The number of nitrogens with zero attached hydrogens (tertiary/aromatic N) is 1. The van der Waals surface area contributed by atoms with Gasteiger partial charge in [0.15, 0.2) is 0 Å². The Bertz CT molecular complexity index is 581. The van der Waals surface area contributed by atoms with Crippen LogP contribution in [-0.2, 0) is 9.59 Å². The highest BCUT2D eigenvalue weighted by Crippen LogP contribution is 2.27. The number of likely N-dealkylation sites (tertiary alicyclic amines) is 1. The number of anilines is 2. The van der Waals surface area contributed by atoms with Crippen molar-refractivity contribution in [3.8, 4) is 0 Å². The Morgan fingerprint density at radius 3 is 2.74 bits per heavy atom. The number of carbonyl (C=O) groups excluding carboxylic acids is 2. The fraction of sp³-hybridized carbons (Fsp3) is 0.500. The van der Waals surface area contributed by atoms with Gasteiger partial charge in [0, 0.05) is 17.4 Å². The van der Waals surface area contributed by atoms with Crippen LogP contribution in [0.2, 0.25) is 0 Å². The predicted octanol–water partition coefficient (Wildman–Crippen LogP) is 3.49. The summed E-state index contributed by atoms with van der Waals surface area (Å²) >= 11 is 3.39. The van der Waals surface area contributed by atoms with E-state index in [0.717, 1.165) is 35.7 Å². The van der Waals surface area contributed by atoms with Gasteiger partial charge >= 0.3 is 0 Å². The van der Waals surface area contributed by atoms with Crippen molar-refractivity contribution >= 4 is 51.5 Å². The van der Waals surface area contributed by atoms with E-state index in [0.29, 0.717) is 24.3 Å². The minimum atomic E-state index is -0.210. The van der Waals surface area contributed by atoms with Gasteiger partial charge in [-0.3, -0.25) is 9.59 Å². The van der Waals surface area contributed by atoms with Crippen LogP contribution in [0.25, 0.3) is 0 Å². The summed E-state index contributed by atoms with van der Waals surface area (Å²) in [5, 5.41) is 2.81. The van der Waals surface area contributed by atoms with E-state index in [2.05, 4.69) is 21.2 Å². The summed E-state index contributed by atoms with van der Waals surface area (Å²) in [6.07, 6.45) is 4.61. The van der Waals surface area contributed by atoms with Crippen molar-refractivity contribution in [1.82, 2.24) is 4.90 Å². The van der Waals surface area contributed by atoms with Crippen molar-refractivity contribution in [3.05, 3.63) is 22.2 Å². The molecule has 1 aliphatic heterocycles. The average molecular weight is 405 g/mol. The maximum atomic E-state index is 12.2. The quantitative estimate of drug-likeness (QED) is 0.757. The zero-order chi connectivity index (χ0) is 16.1. The SMILES string of the molecule is Cc1cc(Br)cc(NC(=O)CN2CCCCCCC2=O)c1N.Cl. The minimum absolute atomic E-state index is 0. The molecule has 1 aliphatic rings. The van der Waals surface area contributed by atoms with Crippen molar-refractivity contribution in [1.29, 1.82) is 0 Å². The van der Waals surface area contributed by atoms with Gasteiger partial charge < -0.3 is 16.0 Å². The van der Waals surface area contributed by atoms with Crippen molar-refractivity contribution in [2.24, 2.45) is 0 Å². The Kier molecular flexibility index (Phi) is 7.85. The van der Waals surface area contributed by atoms with Gasteiger partial charge in [0.05, 0.1) is 17.9 Å². The first-order valence-electron chi connectivity index (χ1n) is 7.60. The third kappa shape index (κ3) is 5.70. The van der Waals surface area contributed by atoms with E-state index in [4.69, 9.17) is 5.73 Å². The highest BCUT2D eigenvalue weighted by Gasteiger charge is 2.19. The molecule has 1 heterocycles. The molecule has 3 N–H and O–H groups in total. The number of carbonyl (C=O) groups is 2. The second-order valence-corrected chi connectivity index (χ2v) is 6.63. The molecule has 0 unspecified atom stereocenters. The first kappa shape index (κ1) is 19.8. The molecule has 0 bridgehead atoms. The lowest BCUT2D eigenvalue weighted by atomic mass is 10.1. The molecule has 1 fully saturated rings. The van der Waals surface area contributed by atoms with Crippen molar-refractivity contribution < 1.29 is 9.59 Å². The Morgan fingerprint density at radius 2 is 2.00 bits per heavy atom. The summed E-state index contributed by atoms with van der Waals surface area (Å²) < 4.78 is 0.858. The molecule has 1 aromatic carbocycles. The number of nitrogens with two attached hydrogens (primary N) is 1. The second-order valence-electron chi connectivity index (χ2n) is 5.71. The van der Waals surface area contributed by atoms with Gasteiger partial charge in [-0.05, 0) is 37.5 Å². The van der Waals surface area contributed by atoms with Crippen LogP contribution in [0.5, 0.6) is 0 Å². The van der Waals surface area contributed by atoms with Gasteiger partial charge in [-0.15, -0.1) is 12.4 Å². The van der Waals surface area contributed by atoms with Gasteiger partial charge in [-0.2, -0.15) is 0 Å². The summed E-state index contributed by atoms with van der Waals surface area (Å²) in [7, 11) is 0. The number of benzene rings is 1. The molecule has 5 nitrogen and oxygen atoms in total. The van der Waals surface area contributed by atoms with Crippen LogP contribution in [0.1, 0.15) is 37.7 Å². The molecule has 128 valence electrons. The van der Waals surface area contributed by atoms with E-state index in [1.807, 2.05) is 13.0 Å². The van der Waals surface area contributed by atoms with Gasteiger partial charge in [-0.25, -0.2) is 0 Å². The molecule has 1 aromatic rings. The summed E-state index contributed by atoms with van der Waals surface area (Å²) in [6, 6.07) is 3.67. The van der Waals surface area contributed by atoms with Crippen molar-refractivity contribution in [2.75, 3.05) is 24.1 Å². The molecule has 7 heteroatoms. The highest BCUT2D eigenvalue weighted by atomic mass is 79.9. The molecule has 0 radical (unpaired) electrons. The molecule has 2 amide bonds. The third-order valence-corrected chi connectivity index (χ3v) is 4.34. The maximum absolute atomic E-state index is 12.2. The Balaban J connectivity index is 0.00000264. The van der Waals surface area contributed by atoms with Crippen LogP contribution in [0.15, 0.2) is 16.6 Å². The fourth-order valence-electron chi connectivity index (χ4n) is 2.60. The summed E-state index contributed by atoms with van der Waals surface area (Å²) in [5.74, 6) is -0.147. The number of rotatable bonds is 3. The number of aryl methyl sites for hydroxylation is 1. The number of nitrogens with one attached hydrogen (secondary N) is 1. The molecular weight excluding hydrogens is 382 g/mol. The molecule has 2 rings (SSSR count). The number of nitrogen functional groups attached to an aromatic ring is 1. The second kappa shape index (κ2) is 9.13. The zero-order valence-electron chi connectivity index (χ0n) is 13.2. The molecule has 0 saturated carbocycles. The Hall–Kier alpha value is -1.27. The largest absolute Gasteiger partial charge is 0.397 e. The minimum Gasteiger partial charge on any atom is -0.397 e. The lowest BCUT2D eigenvalue weighted by molar-refractivity contribution is -0.135. The van der Waals surface area contributed by atoms with E-state index in [-0.39, 0.29) is 30.8 Å². The van der Waals surface area contributed by atoms with Crippen LogP contribution in [0, 0.1) is 6.92 Å². The average Bonchev–Trinajstić information content (AvgIpc) is 2.44. The zero-order valence-corrected chi connectivity index (χ0v) is 15.6. The predicted molar refractivity (Wildman–Crippen MR) is 98.8 cm³/mol. The Morgan fingerprint density at radius 1 is 1.30 bits per heavy atom. The lowest BCUT2D eigenvalue weighted by Crippen LogP contribution is -2.39. The van der Waals surface area contributed by atoms with Crippen LogP contribution in [0.3, 0.4) is 0 Å². The van der Waals surface area contributed by atoms with Gasteiger partial charge in [0.1, 0.15) is 0 Å². The van der Waals surface area contributed by atoms with Gasteiger partial charge in [0.25, 0.3) is 0 Å². The van der Waals surface area contributed by atoms with Crippen LogP contribution >= 0.6 is 28.3 Å². The molecule has 23 heavy (non-hydrogen) atoms. The number of hydrogen-bond acceptors (Lipinski definition) is 3. The topological polar surface area (TPSA) is 75.4 Å². The van der Waals surface area contributed by atoms with E-state index in [1.165, 1.54) is 0 Å². The number of amides is 2. The standard InChI is InChI=1S/C16H22BrN3O2.ClH/c1-11-8-12(17)9-13(16(11)18)19-14(21)10-20-7-5-3-2-4-6-15(20)22;/h8-9H,2-7,10,18H2,1H3,(H,19,21);1H. The van der Waals surface area contributed by atoms with Gasteiger partial charge in [0.2, 0.25) is 11.8 Å². The molecule has 0 aliphatic carbocycles. The number of halogens is 2. The third-order valence-electron chi connectivity index (χ3n) is 3.88. The molecule has 0 aromatic heterocycles. The monoisotopic (exact) mass is 403 g/mol. The molecule has 0 spiro atoms. The van der Waals surface area contributed by atoms with E-state index in [9.17, 15) is 9.59 Å². The molecule has 0 atom stereocenters. The normalized spacial score (nSPS) is 15.4. The van der Waals surface area contributed by atoms with E-state index >= 15 is 0 Å². The number of hydrogen-bond donors (Lipinski definition) is 2. The molecule has 1 saturated heterocycles. The summed E-state index contributed by atoms with van der Waals surface area (Å²) in [4.78, 5) is 25.9. The van der Waals surface area contributed by atoms with Crippen molar-refractivity contribution in [2.45, 2.75) is 39.0 Å². The van der Waals surface area contributed by atoms with Crippen LogP contribution in [-0.4, -0.2) is 29.8 Å². The highest BCUT2D eigenvalue weighted by molar-refractivity contribution is 9.10. The van der Waals surface area contributed by atoms with Crippen molar-refractivity contribution in [3.63, 3.8) is 0 Å². The molecular formula is C16H23BrClN3O2. The first-order valence-corrected chi connectivity index (χ1v) is 8.40. The summed E-state index contributed by atoms with van der Waals surface area (Å²) in [5.41, 5.74) is 8.02. The maximum Gasteiger partial charge on any atom is 0.244 e. The smallest absolute Gasteiger partial charge is 0.244 e. The van der Waals surface area contributed by atoms with E-state index < -0.39 is 0 Å². The van der Waals surface area contributed by atoms with Gasteiger partial charge in [-0.1, -0.05) is 28.8 Å². The lowest BCUT2D eigenvalue weighted by Gasteiger charge is -2.24. The van der Waals surface area contributed by atoms with Crippen LogP contribution < -0.4 is 11.1 Å². The Labute approximate surface area is 151 Å². The fourth-order valence-corrected chi connectivity index (χ4v) is 3.18. The summed E-state index contributed by atoms with van der Waals surface area (Å²) in [6.45, 7) is 2.63.